The molecule has 2 aliphatic carbocycles. The Labute approximate surface area is 185 Å². The summed E-state index contributed by atoms with van der Waals surface area (Å²) in [6.45, 7) is 4.69. The molecule has 1 saturated carbocycles. The van der Waals surface area contributed by atoms with Gasteiger partial charge in [0.25, 0.3) is 0 Å². The molecule has 2 heterocycles. The molecule has 0 atom stereocenters. The summed E-state index contributed by atoms with van der Waals surface area (Å²) < 4.78 is 5.40. The lowest BCUT2D eigenvalue weighted by Gasteiger charge is -2.29. The molecule has 2 fully saturated rings. The lowest BCUT2D eigenvalue weighted by molar-refractivity contribution is -0.131. The number of morpholine rings is 1. The second-order valence-electron chi connectivity index (χ2n) is 8.68. The summed E-state index contributed by atoms with van der Waals surface area (Å²) >= 11 is 0. The van der Waals surface area contributed by atoms with Crippen LogP contribution >= 0.6 is 0 Å². The van der Waals surface area contributed by atoms with E-state index in [1.165, 1.54) is 32.1 Å². The molecule has 166 valence electrons. The molecule has 1 saturated heterocycles. The summed E-state index contributed by atoms with van der Waals surface area (Å²) in [5.74, 6) is 1.04. The van der Waals surface area contributed by atoms with E-state index >= 15 is 0 Å². The standard InChI is InChI=1S/C25H34N4O2/c1-18-11-12-27-24(28-21-9-4-3-5-10-21)22(18)23(26-2)19-7-6-8-20(17-19)25(30)29-13-15-31-16-14-29/h7,11-12,17,21H,3-6,8-10,13-16H2,1-2H3,(H,27,28). The van der Waals surface area contributed by atoms with Crippen LogP contribution in [0, 0.1) is 6.92 Å². The molecule has 0 radical (unpaired) electrons. The summed E-state index contributed by atoms with van der Waals surface area (Å²) in [4.78, 5) is 24.3. The molecule has 31 heavy (non-hydrogen) atoms. The fourth-order valence-corrected chi connectivity index (χ4v) is 4.80. The van der Waals surface area contributed by atoms with Crippen LogP contribution in [0.25, 0.3) is 0 Å². The second-order valence-corrected chi connectivity index (χ2v) is 8.68. The van der Waals surface area contributed by atoms with E-state index in [-0.39, 0.29) is 5.91 Å². The molecular formula is C25H34N4O2. The lowest BCUT2D eigenvalue weighted by Crippen LogP contribution is -2.41. The van der Waals surface area contributed by atoms with Gasteiger partial charge in [0, 0.05) is 43.5 Å². The number of hydrogen-bond donors (Lipinski definition) is 1. The zero-order chi connectivity index (χ0) is 21.6. The van der Waals surface area contributed by atoms with Crippen LogP contribution in [0.5, 0.6) is 0 Å². The summed E-state index contributed by atoms with van der Waals surface area (Å²) in [6.07, 6.45) is 14.0. The Kier molecular flexibility index (Phi) is 7.17. The van der Waals surface area contributed by atoms with Crippen LogP contribution in [0.15, 0.2) is 40.6 Å². The van der Waals surface area contributed by atoms with E-state index in [1.807, 2.05) is 30.3 Å². The molecule has 1 N–H and O–H groups in total. The van der Waals surface area contributed by atoms with Crippen molar-refractivity contribution < 1.29 is 9.53 Å². The van der Waals surface area contributed by atoms with Gasteiger partial charge in [0.2, 0.25) is 5.91 Å². The predicted octanol–water partition coefficient (Wildman–Crippen LogP) is 4.06. The van der Waals surface area contributed by atoms with E-state index in [2.05, 4.69) is 23.3 Å². The molecule has 0 aromatic carbocycles. The molecule has 1 aromatic heterocycles. The van der Waals surface area contributed by atoms with Crippen molar-refractivity contribution in [3.05, 3.63) is 46.7 Å². The third-order valence-electron chi connectivity index (χ3n) is 6.52. The van der Waals surface area contributed by atoms with Gasteiger partial charge in [0.05, 0.1) is 18.9 Å². The summed E-state index contributed by atoms with van der Waals surface area (Å²) in [7, 11) is 1.83. The highest BCUT2D eigenvalue weighted by molar-refractivity contribution is 6.18. The second kappa shape index (κ2) is 10.2. The number of aliphatic imine (C=N–C) groups is 1. The van der Waals surface area contributed by atoms with E-state index in [1.54, 1.807) is 0 Å². The normalized spacial score (nSPS) is 20.8. The first kappa shape index (κ1) is 21.8. The average Bonchev–Trinajstić information content (AvgIpc) is 2.82. The zero-order valence-electron chi connectivity index (χ0n) is 18.8. The molecule has 0 bridgehead atoms. The molecule has 0 spiro atoms. The first-order valence-corrected chi connectivity index (χ1v) is 11.6. The van der Waals surface area contributed by atoms with Crippen LogP contribution in [0.2, 0.25) is 0 Å². The molecule has 1 aliphatic heterocycles. The average molecular weight is 423 g/mol. The van der Waals surface area contributed by atoms with E-state index < -0.39 is 0 Å². The topological polar surface area (TPSA) is 66.8 Å². The molecular weight excluding hydrogens is 388 g/mol. The molecule has 1 amide bonds. The monoisotopic (exact) mass is 422 g/mol. The Morgan fingerprint density at radius 1 is 1.23 bits per heavy atom. The van der Waals surface area contributed by atoms with Crippen molar-refractivity contribution in [3.8, 4) is 0 Å². The number of aromatic nitrogens is 1. The van der Waals surface area contributed by atoms with Crippen molar-refractivity contribution in [3.63, 3.8) is 0 Å². The highest BCUT2D eigenvalue weighted by atomic mass is 16.5. The number of carbonyl (C=O) groups is 1. The van der Waals surface area contributed by atoms with Crippen molar-refractivity contribution in [2.24, 2.45) is 4.99 Å². The first-order chi connectivity index (χ1) is 15.2. The van der Waals surface area contributed by atoms with E-state index in [0.717, 1.165) is 46.6 Å². The zero-order valence-corrected chi connectivity index (χ0v) is 18.8. The number of aryl methyl sites for hydroxylation is 1. The van der Waals surface area contributed by atoms with Crippen molar-refractivity contribution in [2.45, 2.75) is 57.9 Å². The minimum atomic E-state index is 0.132. The van der Waals surface area contributed by atoms with Crippen LogP contribution < -0.4 is 5.32 Å². The minimum absolute atomic E-state index is 0.132. The fourth-order valence-electron chi connectivity index (χ4n) is 4.80. The van der Waals surface area contributed by atoms with Gasteiger partial charge < -0.3 is 15.0 Å². The maximum atomic E-state index is 13.1. The maximum Gasteiger partial charge on any atom is 0.249 e. The largest absolute Gasteiger partial charge is 0.378 e. The van der Waals surface area contributed by atoms with Crippen molar-refractivity contribution in [2.75, 3.05) is 38.7 Å². The van der Waals surface area contributed by atoms with Gasteiger partial charge >= 0.3 is 0 Å². The molecule has 1 aromatic rings. The quantitative estimate of drug-likeness (QED) is 0.727. The van der Waals surface area contributed by atoms with Crippen LogP contribution in [0.4, 0.5) is 5.82 Å². The minimum Gasteiger partial charge on any atom is -0.378 e. The van der Waals surface area contributed by atoms with Gasteiger partial charge in [0.15, 0.2) is 0 Å². The van der Waals surface area contributed by atoms with E-state index in [0.29, 0.717) is 32.3 Å². The number of nitrogens with one attached hydrogen (secondary N) is 1. The Balaban J connectivity index is 1.60. The number of carbonyl (C=O) groups excluding carboxylic acids is 1. The fraction of sp³-hybridized carbons (Fsp3) is 0.560. The Morgan fingerprint density at radius 3 is 2.74 bits per heavy atom. The number of allylic oxidation sites excluding steroid dienone is 3. The van der Waals surface area contributed by atoms with Crippen molar-refractivity contribution >= 4 is 17.4 Å². The molecule has 4 rings (SSSR count). The van der Waals surface area contributed by atoms with Gasteiger partial charge in [-0.2, -0.15) is 0 Å². The highest BCUT2D eigenvalue weighted by Crippen LogP contribution is 2.29. The third kappa shape index (κ3) is 5.06. The molecule has 6 heteroatoms. The van der Waals surface area contributed by atoms with Gasteiger partial charge in [-0.3, -0.25) is 9.79 Å². The van der Waals surface area contributed by atoms with Gasteiger partial charge in [-0.1, -0.05) is 25.3 Å². The number of anilines is 1. The van der Waals surface area contributed by atoms with Crippen molar-refractivity contribution in [1.82, 2.24) is 9.88 Å². The molecule has 0 unspecified atom stereocenters. The van der Waals surface area contributed by atoms with Gasteiger partial charge in [-0.25, -0.2) is 4.98 Å². The highest BCUT2D eigenvalue weighted by Gasteiger charge is 2.25. The summed E-state index contributed by atoms with van der Waals surface area (Å²) in [5, 5.41) is 3.70. The van der Waals surface area contributed by atoms with Gasteiger partial charge in [-0.05, 0) is 55.9 Å². The number of pyridine rings is 1. The Bertz CT molecular complexity index is 891. The van der Waals surface area contributed by atoms with Gasteiger partial charge in [0.1, 0.15) is 5.82 Å². The van der Waals surface area contributed by atoms with Gasteiger partial charge in [-0.15, -0.1) is 0 Å². The first-order valence-electron chi connectivity index (χ1n) is 11.6. The Morgan fingerprint density at radius 2 is 2.00 bits per heavy atom. The number of hydrogen-bond acceptors (Lipinski definition) is 5. The van der Waals surface area contributed by atoms with Crippen LogP contribution in [-0.2, 0) is 9.53 Å². The van der Waals surface area contributed by atoms with Crippen molar-refractivity contribution in [1.29, 1.82) is 0 Å². The smallest absolute Gasteiger partial charge is 0.249 e. The lowest BCUT2D eigenvalue weighted by atomic mass is 9.90. The predicted molar refractivity (Wildman–Crippen MR) is 125 cm³/mol. The molecule has 6 nitrogen and oxygen atoms in total. The van der Waals surface area contributed by atoms with E-state index in [4.69, 9.17) is 9.72 Å². The number of nitrogens with zero attached hydrogens (tertiary/aromatic N) is 3. The maximum absolute atomic E-state index is 13.1. The summed E-state index contributed by atoms with van der Waals surface area (Å²) in [5.41, 5.74) is 5.00. The number of amides is 1. The number of rotatable bonds is 5. The van der Waals surface area contributed by atoms with Crippen LogP contribution in [0.1, 0.15) is 56.1 Å². The number of ether oxygens (including phenoxy) is 1. The van der Waals surface area contributed by atoms with E-state index in [9.17, 15) is 4.79 Å². The SMILES string of the molecule is CN=C(C1=CCCC(C(=O)N2CCOCC2)=C1)c1c(C)ccnc1NC1CCCCC1. The third-order valence-corrected chi connectivity index (χ3v) is 6.52. The molecule has 3 aliphatic rings. The van der Waals surface area contributed by atoms with Crippen LogP contribution in [-0.4, -0.2) is 60.9 Å². The van der Waals surface area contributed by atoms with Crippen LogP contribution in [0.3, 0.4) is 0 Å². The Hall–Kier alpha value is -2.47. The summed E-state index contributed by atoms with van der Waals surface area (Å²) in [6, 6.07) is 2.51.